The molecule has 18 heavy (non-hydrogen) atoms. The van der Waals surface area contributed by atoms with Gasteiger partial charge in [-0.25, -0.2) is 4.39 Å². The number of halogens is 1. The van der Waals surface area contributed by atoms with E-state index in [1.807, 2.05) is 27.7 Å². The van der Waals surface area contributed by atoms with E-state index in [4.69, 9.17) is 14.0 Å². The zero-order chi connectivity index (χ0) is 13.6. The lowest BCUT2D eigenvalue weighted by molar-refractivity contribution is 0.00578. The molecule has 2 rings (SSSR count). The molecule has 1 aromatic rings. The Kier molecular flexibility index (Phi) is 3.15. The first-order valence-corrected chi connectivity index (χ1v) is 5.95. The zero-order valence-corrected chi connectivity index (χ0v) is 11.4. The van der Waals surface area contributed by atoms with Crippen molar-refractivity contribution in [3.63, 3.8) is 0 Å². The third-order valence-corrected chi connectivity index (χ3v) is 3.65. The van der Waals surface area contributed by atoms with Gasteiger partial charge in [0, 0.05) is 6.07 Å². The van der Waals surface area contributed by atoms with Gasteiger partial charge in [0.25, 0.3) is 0 Å². The van der Waals surface area contributed by atoms with Crippen LogP contribution >= 0.6 is 0 Å². The fraction of sp³-hybridized carbons (Fsp3) is 0.538. The Balaban J connectivity index is 2.32. The zero-order valence-electron chi connectivity index (χ0n) is 11.4. The molecule has 0 aliphatic carbocycles. The predicted octanol–water partition coefficient (Wildman–Crippen LogP) is 2.13. The molecular formula is C13H18BFO3. The van der Waals surface area contributed by atoms with Gasteiger partial charge in [0.1, 0.15) is 11.6 Å². The lowest BCUT2D eigenvalue weighted by Gasteiger charge is -2.32. The van der Waals surface area contributed by atoms with Crippen LogP contribution < -0.4 is 10.2 Å². The van der Waals surface area contributed by atoms with Crippen LogP contribution in [0.15, 0.2) is 18.2 Å². The van der Waals surface area contributed by atoms with Gasteiger partial charge in [-0.05, 0) is 45.3 Å². The molecule has 1 fully saturated rings. The fourth-order valence-corrected chi connectivity index (χ4v) is 1.82. The predicted molar refractivity (Wildman–Crippen MR) is 68.7 cm³/mol. The van der Waals surface area contributed by atoms with Gasteiger partial charge in [0.05, 0.1) is 18.3 Å². The van der Waals surface area contributed by atoms with Gasteiger partial charge in [0.2, 0.25) is 0 Å². The van der Waals surface area contributed by atoms with Gasteiger partial charge in [-0.3, -0.25) is 0 Å². The molecule has 0 atom stereocenters. The van der Waals surface area contributed by atoms with Gasteiger partial charge in [0.15, 0.2) is 0 Å². The Labute approximate surface area is 107 Å². The molecule has 0 saturated carbocycles. The maximum atomic E-state index is 13.5. The highest BCUT2D eigenvalue weighted by molar-refractivity contribution is 6.62. The summed E-state index contributed by atoms with van der Waals surface area (Å²) >= 11 is 0. The Morgan fingerprint density at radius 1 is 1.06 bits per heavy atom. The van der Waals surface area contributed by atoms with Crippen LogP contribution in [0.25, 0.3) is 0 Å². The van der Waals surface area contributed by atoms with Crippen LogP contribution in [0.3, 0.4) is 0 Å². The topological polar surface area (TPSA) is 27.7 Å². The van der Waals surface area contributed by atoms with E-state index >= 15 is 0 Å². The fourth-order valence-electron chi connectivity index (χ4n) is 1.82. The van der Waals surface area contributed by atoms with Gasteiger partial charge in [-0.2, -0.15) is 0 Å². The largest absolute Gasteiger partial charge is 0.497 e. The summed E-state index contributed by atoms with van der Waals surface area (Å²) in [5.74, 6) is 0.0961. The second-order valence-electron chi connectivity index (χ2n) is 5.51. The van der Waals surface area contributed by atoms with Crippen LogP contribution in [0.4, 0.5) is 4.39 Å². The van der Waals surface area contributed by atoms with Crippen molar-refractivity contribution in [1.82, 2.24) is 0 Å². The Hall–Kier alpha value is -1.07. The summed E-state index contributed by atoms with van der Waals surface area (Å²) in [4.78, 5) is 0. The molecule has 0 aromatic heterocycles. The van der Waals surface area contributed by atoms with Crippen molar-refractivity contribution in [3.8, 4) is 5.75 Å². The molecule has 5 heteroatoms. The summed E-state index contributed by atoms with van der Waals surface area (Å²) in [6, 6.07) is 4.46. The van der Waals surface area contributed by atoms with E-state index in [-0.39, 0.29) is 5.82 Å². The summed E-state index contributed by atoms with van der Waals surface area (Å²) < 4.78 is 30.2. The first-order valence-electron chi connectivity index (χ1n) is 5.95. The van der Waals surface area contributed by atoms with Crippen LogP contribution in [0.1, 0.15) is 27.7 Å². The minimum atomic E-state index is -0.570. The van der Waals surface area contributed by atoms with Crippen molar-refractivity contribution >= 4 is 12.6 Å². The summed E-state index contributed by atoms with van der Waals surface area (Å²) in [6.45, 7) is 7.85. The molecule has 0 bridgehead atoms. The van der Waals surface area contributed by atoms with E-state index in [1.165, 1.54) is 19.2 Å². The van der Waals surface area contributed by atoms with Crippen molar-refractivity contribution in [2.24, 2.45) is 0 Å². The van der Waals surface area contributed by atoms with Crippen LogP contribution in [0.2, 0.25) is 0 Å². The first-order chi connectivity index (χ1) is 8.25. The Bertz CT molecular complexity index is 444. The number of rotatable bonds is 2. The number of hydrogen-bond acceptors (Lipinski definition) is 3. The second kappa shape index (κ2) is 4.25. The maximum Gasteiger partial charge on any atom is 0.495 e. The number of methoxy groups -OCH3 is 1. The quantitative estimate of drug-likeness (QED) is 0.754. The number of ether oxygens (including phenoxy) is 1. The van der Waals surface area contributed by atoms with Crippen molar-refractivity contribution < 1.29 is 18.4 Å². The van der Waals surface area contributed by atoms with E-state index in [2.05, 4.69) is 0 Å². The lowest BCUT2D eigenvalue weighted by Crippen LogP contribution is -2.41. The molecule has 0 N–H and O–H groups in total. The van der Waals surface area contributed by atoms with E-state index in [0.29, 0.717) is 11.2 Å². The lowest BCUT2D eigenvalue weighted by atomic mass is 9.79. The number of hydrogen-bond donors (Lipinski definition) is 0. The summed E-state index contributed by atoms with van der Waals surface area (Å²) in [5, 5.41) is 0. The molecule has 98 valence electrons. The van der Waals surface area contributed by atoms with Crippen LogP contribution in [0.5, 0.6) is 5.75 Å². The standard InChI is InChI=1S/C13H18BFO3/c1-12(2)13(3,4)18-14(17-12)9-6-10(15)8-11(7-9)16-5/h6-8H,1-5H3. The highest BCUT2D eigenvalue weighted by atomic mass is 19.1. The molecule has 1 heterocycles. The highest BCUT2D eigenvalue weighted by Crippen LogP contribution is 2.36. The van der Waals surface area contributed by atoms with Gasteiger partial charge < -0.3 is 14.0 Å². The van der Waals surface area contributed by atoms with Crippen molar-refractivity contribution in [2.45, 2.75) is 38.9 Å². The average molecular weight is 252 g/mol. The minimum Gasteiger partial charge on any atom is -0.497 e. The Morgan fingerprint density at radius 2 is 1.61 bits per heavy atom. The van der Waals surface area contributed by atoms with Crippen molar-refractivity contribution in [1.29, 1.82) is 0 Å². The molecule has 3 nitrogen and oxygen atoms in total. The minimum absolute atomic E-state index is 0.362. The molecule has 0 radical (unpaired) electrons. The van der Waals surface area contributed by atoms with Gasteiger partial charge in [-0.1, -0.05) is 0 Å². The van der Waals surface area contributed by atoms with E-state index in [0.717, 1.165) is 0 Å². The Morgan fingerprint density at radius 3 is 2.11 bits per heavy atom. The molecular weight excluding hydrogens is 234 g/mol. The molecule has 0 amide bonds. The summed E-state index contributed by atoms with van der Waals surface area (Å²) in [5.41, 5.74) is -0.237. The number of benzene rings is 1. The van der Waals surface area contributed by atoms with Gasteiger partial charge in [-0.15, -0.1) is 0 Å². The first kappa shape index (κ1) is 13.4. The van der Waals surface area contributed by atoms with Gasteiger partial charge >= 0.3 is 7.12 Å². The van der Waals surface area contributed by atoms with Crippen molar-refractivity contribution in [2.75, 3.05) is 7.11 Å². The molecule has 1 aromatic carbocycles. The molecule has 0 unspecified atom stereocenters. The molecule has 1 aliphatic heterocycles. The van der Waals surface area contributed by atoms with Crippen LogP contribution in [0, 0.1) is 5.82 Å². The molecule has 1 aliphatic rings. The monoisotopic (exact) mass is 252 g/mol. The maximum absolute atomic E-state index is 13.5. The average Bonchev–Trinajstić information content (AvgIpc) is 2.47. The van der Waals surface area contributed by atoms with Crippen molar-refractivity contribution in [3.05, 3.63) is 24.0 Å². The molecule has 0 spiro atoms. The van der Waals surface area contributed by atoms with Crippen LogP contribution in [-0.2, 0) is 9.31 Å². The smallest absolute Gasteiger partial charge is 0.495 e. The summed E-state index contributed by atoms with van der Waals surface area (Å²) in [6.07, 6.45) is 0. The normalized spacial score (nSPS) is 21.1. The van der Waals surface area contributed by atoms with Crippen LogP contribution in [-0.4, -0.2) is 25.4 Å². The second-order valence-corrected chi connectivity index (χ2v) is 5.51. The van der Waals surface area contributed by atoms with E-state index in [9.17, 15) is 4.39 Å². The highest BCUT2D eigenvalue weighted by Gasteiger charge is 2.51. The SMILES string of the molecule is COc1cc(F)cc(B2OC(C)(C)C(C)(C)O2)c1. The van der Waals surface area contributed by atoms with E-state index in [1.54, 1.807) is 6.07 Å². The van der Waals surface area contributed by atoms with E-state index < -0.39 is 18.3 Å². The molecule has 1 saturated heterocycles. The third-order valence-electron chi connectivity index (χ3n) is 3.65. The third kappa shape index (κ3) is 2.25. The summed E-state index contributed by atoms with van der Waals surface area (Å²) in [7, 11) is 0.933.